The number of aromatic nitrogens is 3. The van der Waals surface area contributed by atoms with Crippen molar-refractivity contribution in [3.8, 4) is 5.75 Å². The van der Waals surface area contributed by atoms with Crippen LogP contribution in [0.2, 0.25) is 0 Å². The second-order valence-corrected chi connectivity index (χ2v) is 5.38. The molecule has 1 aliphatic rings. The molecule has 0 radical (unpaired) electrons. The molecule has 1 unspecified atom stereocenters. The van der Waals surface area contributed by atoms with Gasteiger partial charge in [0.1, 0.15) is 5.75 Å². The number of fused-ring (bicyclic) bond motifs is 1. The molecule has 0 saturated carbocycles. The fourth-order valence-corrected chi connectivity index (χ4v) is 2.72. The second kappa shape index (κ2) is 5.66. The molecule has 4 rings (SSSR count). The number of pyridine rings is 1. The van der Waals surface area contributed by atoms with Crippen LogP contribution in [0.25, 0.3) is 11.8 Å². The molecule has 3 heterocycles. The molecule has 1 N–H and O–H groups in total. The molecule has 6 nitrogen and oxygen atoms in total. The van der Waals surface area contributed by atoms with E-state index in [1.54, 1.807) is 37.1 Å². The number of carboxylic acids is 1. The molecule has 3 aromatic rings. The van der Waals surface area contributed by atoms with Crippen molar-refractivity contribution in [1.29, 1.82) is 0 Å². The first kappa shape index (κ1) is 14.2. The van der Waals surface area contributed by atoms with Gasteiger partial charge in [0.2, 0.25) is 0 Å². The van der Waals surface area contributed by atoms with E-state index in [4.69, 9.17) is 4.74 Å². The zero-order chi connectivity index (χ0) is 16.5. The van der Waals surface area contributed by atoms with Crippen LogP contribution in [0.4, 0.5) is 0 Å². The number of nitrogens with zero attached hydrogens (tertiary/aromatic N) is 3. The molecular formula is C18H13N3O3. The Hall–Kier alpha value is -3.41. The Morgan fingerprint density at radius 1 is 1.21 bits per heavy atom. The molecule has 0 amide bonds. The van der Waals surface area contributed by atoms with E-state index in [2.05, 4.69) is 9.97 Å². The average Bonchev–Trinajstić information content (AvgIpc) is 3.15. The second-order valence-electron chi connectivity index (χ2n) is 5.38. The topological polar surface area (TPSA) is 77.2 Å². The lowest BCUT2D eigenvalue weighted by atomic mass is 10.0. The summed E-state index contributed by atoms with van der Waals surface area (Å²) in [7, 11) is 0. The van der Waals surface area contributed by atoms with Gasteiger partial charge in [0.15, 0.2) is 6.10 Å². The largest absolute Gasteiger partial charge is 0.479 e. The molecule has 0 fully saturated rings. The maximum absolute atomic E-state index is 11.2. The quantitative estimate of drug-likeness (QED) is 0.802. The van der Waals surface area contributed by atoms with E-state index in [9.17, 15) is 9.90 Å². The van der Waals surface area contributed by atoms with Crippen molar-refractivity contribution < 1.29 is 14.6 Å². The monoisotopic (exact) mass is 319 g/mol. The van der Waals surface area contributed by atoms with Crippen molar-refractivity contribution in [1.82, 2.24) is 14.5 Å². The van der Waals surface area contributed by atoms with Crippen LogP contribution in [0.5, 0.6) is 5.75 Å². The summed E-state index contributed by atoms with van der Waals surface area (Å²) in [5.74, 6) is -0.331. The number of imidazole rings is 1. The Labute approximate surface area is 137 Å². The number of carboxylic acid groups (broad SMARTS) is 1. The molecule has 0 aliphatic carbocycles. The number of rotatable bonds is 3. The lowest BCUT2D eigenvalue weighted by molar-refractivity contribution is 0.0697. The first-order chi connectivity index (χ1) is 11.7. The fraction of sp³-hybridized carbons (Fsp3) is 0.0556. The molecule has 6 heteroatoms. The molecular weight excluding hydrogens is 306 g/mol. The summed E-state index contributed by atoms with van der Waals surface area (Å²) in [6.07, 6.45) is 10.2. The van der Waals surface area contributed by atoms with E-state index < -0.39 is 5.97 Å². The van der Waals surface area contributed by atoms with E-state index in [0.29, 0.717) is 5.75 Å². The minimum atomic E-state index is -0.968. The number of carbonyl (C=O) groups is 1. The van der Waals surface area contributed by atoms with Gasteiger partial charge >= 0.3 is 5.97 Å². The lowest BCUT2D eigenvalue weighted by Crippen LogP contribution is -2.17. The number of benzene rings is 1. The van der Waals surface area contributed by atoms with Gasteiger partial charge in [0.25, 0.3) is 0 Å². The van der Waals surface area contributed by atoms with Crippen molar-refractivity contribution in [2.75, 3.05) is 0 Å². The normalized spacial score (nSPS) is 16.0. The van der Waals surface area contributed by atoms with Crippen molar-refractivity contribution in [2.24, 2.45) is 0 Å². The van der Waals surface area contributed by atoms with Crippen LogP contribution in [0.15, 0.2) is 61.4 Å². The maximum atomic E-state index is 11.2. The highest BCUT2D eigenvalue weighted by Crippen LogP contribution is 2.39. The molecule has 0 bridgehead atoms. The number of ether oxygens (including phenoxy) is 1. The highest BCUT2D eigenvalue weighted by Gasteiger charge is 2.26. The summed E-state index contributed by atoms with van der Waals surface area (Å²) in [5.41, 5.74) is 2.69. The Balaban J connectivity index is 1.86. The predicted molar refractivity (Wildman–Crippen MR) is 87.4 cm³/mol. The van der Waals surface area contributed by atoms with Gasteiger partial charge in [-0.3, -0.25) is 4.98 Å². The Morgan fingerprint density at radius 3 is 2.83 bits per heavy atom. The van der Waals surface area contributed by atoms with Crippen molar-refractivity contribution in [3.05, 3.63) is 78.1 Å². The molecule has 1 atom stereocenters. The minimum absolute atomic E-state index is 0.221. The standard InChI is InChI=1S/C18H13N3O3/c22-18(23)12-3-4-16-14(8-12)9-15(21-7-6-20-11-21)17(24-16)13-2-1-5-19-10-13/h1-11,17H,(H,22,23). The first-order valence-corrected chi connectivity index (χ1v) is 7.36. The van der Waals surface area contributed by atoms with Crippen LogP contribution in [0.3, 0.4) is 0 Å². The molecule has 118 valence electrons. The Bertz CT molecular complexity index is 918. The highest BCUT2D eigenvalue weighted by molar-refractivity contribution is 5.90. The van der Waals surface area contributed by atoms with Crippen LogP contribution in [0.1, 0.15) is 27.6 Å². The van der Waals surface area contributed by atoms with Gasteiger partial charge in [-0.1, -0.05) is 6.07 Å². The Kier molecular flexibility index (Phi) is 3.35. The van der Waals surface area contributed by atoms with Crippen LogP contribution in [-0.4, -0.2) is 25.6 Å². The van der Waals surface area contributed by atoms with Gasteiger partial charge in [-0.15, -0.1) is 0 Å². The number of hydrogen-bond acceptors (Lipinski definition) is 4. The third-order valence-corrected chi connectivity index (χ3v) is 3.86. The first-order valence-electron chi connectivity index (χ1n) is 7.36. The molecule has 1 aromatic carbocycles. The number of hydrogen-bond donors (Lipinski definition) is 1. The summed E-state index contributed by atoms with van der Waals surface area (Å²) in [5, 5.41) is 9.18. The summed E-state index contributed by atoms with van der Waals surface area (Å²) in [6.45, 7) is 0. The smallest absolute Gasteiger partial charge is 0.335 e. The van der Waals surface area contributed by atoms with E-state index in [1.165, 1.54) is 6.07 Å². The Morgan fingerprint density at radius 2 is 2.12 bits per heavy atom. The van der Waals surface area contributed by atoms with Crippen molar-refractivity contribution in [3.63, 3.8) is 0 Å². The molecule has 1 aliphatic heterocycles. The van der Waals surface area contributed by atoms with E-state index in [1.807, 2.05) is 29.0 Å². The minimum Gasteiger partial charge on any atom is -0.479 e. The van der Waals surface area contributed by atoms with E-state index >= 15 is 0 Å². The molecule has 0 saturated heterocycles. The summed E-state index contributed by atoms with van der Waals surface area (Å²) in [6, 6.07) is 8.63. The van der Waals surface area contributed by atoms with Gasteiger partial charge in [-0.05, 0) is 30.3 Å². The fourth-order valence-electron chi connectivity index (χ4n) is 2.72. The number of aromatic carboxylic acids is 1. The van der Waals surface area contributed by atoms with Crippen molar-refractivity contribution in [2.45, 2.75) is 6.10 Å². The van der Waals surface area contributed by atoms with Crippen molar-refractivity contribution >= 4 is 17.7 Å². The van der Waals surface area contributed by atoms with Crippen LogP contribution in [-0.2, 0) is 0 Å². The third kappa shape index (κ3) is 2.44. The van der Waals surface area contributed by atoms with Crippen LogP contribution in [0, 0.1) is 0 Å². The zero-order valence-electron chi connectivity index (χ0n) is 12.5. The summed E-state index contributed by atoms with van der Waals surface area (Å²) < 4.78 is 7.99. The predicted octanol–water partition coefficient (Wildman–Crippen LogP) is 3.11. The summed E-state index contributed by atoms with van der Waals surface area (Å²) >= 11 is 0. The van der Waals surface area contributed by atoms with Crippen LogP contribution < -0.4 is 4.74 Å². The van der Waals surface area contributed by atoms with Gasteiger partial charge in [-0.2, -0.15) is 0 Å². The van der Waals surface area contributed by atoms with Crippen LogP contribution >= 0.6 is 0 Å². The van der Waals surface area contributed by atoms with Gasteiger partial charge in [0, 0.05) is 35.9 Å². The summed E-state index contributed by atoms with van der Waals surface area (Å²) in [4.78, 5) is 19.4. The van der Waals surface area contributed by atoms with E-state index in [0.717, 1.165) is 16.8 Å². The average molecular weight is 319 g/mol. The van der Waals surface area contributed by atoms with Gasteiger partial charge < -0.3 is 14.4 Å². The van der Waals surface area contributed by atoms with E-state index in [-0.39, 0.29) is 11.7 Å². The molecule has 0 spiro atoms. The molecule has 2 aromatic heterocycles. The van der Waals surface area contributed by atoms with Gasteiger partial charge in [-0.25, -0.2) is 9.78 Å². The van der Waals surface area contributed by atoms with Gasteiger partial charge in [0.05, 0.1) is 17.6 Å². The SMILES string of the molecule is O=C(O)c1ccc2c(c1)C=C(n1ccnc1)C(c1cccnc1)O2. The lowest BCUT2D eigenvalue weighted by Gasteiger charge is -2.28. The highest BCUT2D eigenvalue weighted by atomic mass is 16.5. The molecule has 24 heavy (non-hydrogen) atoms. The third-order valence-electron chi connectivity index (χ3n) is 3.86. The zero-order valence-corrected chi connectivity index (χ0v) is 12.5. The maximum Gasteiger partial charge on any atom is 0.335 e.